The van der Waals surface area contributed by atoms with Crippen LogP contribution in [0.1, 0.15) is 30.4 Å². The third-order valence-electron chi connectivity index (χ3n) is 4.73. The van der Waals surface area contributed by atoms with Crippen LogP contribution in [-0.4, -0.2) is 48.3 Å². The Labute approximate surface area is 133 Å². The van der Waals surface area contributed by atoms with Gasteiger partial charge in [0.05, 0.1) is 6.61 Å². The molecule has 1 fully saturated rings. The minimum Gasteiger partial charge on any atom is -0.396 e. The quantitative estimate of drug-likeness (QED) is 0.781. The van der Waals surface area contributed by atoms with Gasteiger partial charge in [-0.2, -0.15) is 11.8 Å². The van der Waals surface area contributed by atoms with Gasteiger partial charge < -0.3 is 10.0 Å². The Hall–Kier alpha value is -0.510. The first-order valence-corrected chi connectivity index (χ1v) is 9.45. The zero-order valence-corrected chi connectivity index (χ0v) is 14.3. The van der Waals surface area contributed by atoms with Crippen LogP contribution < -0.4 is 0 Å². The van der Waals surface area contributed by atoms with Gasteiger partial charge in [-0.25, -0.2) is 0 Å². The lowest BCUT2D eigenvalue weighted by Gasteiger charge is -2.42. The van der Waals surface area contributed by atoms with E-state index in [1.165, 1.54) is 42.8 Å². The minimum absolute atomic E-state index is 0.0592. The highest BCUT2D eigenvalue weighted by Gasteiger charge is 2.35. The summed E-state index contributed by atoms with van der Waals surface area (Å²) in [4.78, 5) is 2.56. The minimum atomic E-state index is 0.0592. The molecule has 1 N–H and O–H groups in total. The predicted molar refractivity (Wildman–Crippen MR) is 93.1 cm³/mol. The molecule has 1 atom stereocenters. The van der Waals surface area contributed by atoms with Gasteiger partial charge in [-0.15, -0.1) is 0 Å². The summed E-state index contributed by atoms with van der Waals surface area (Å²) in [5, 5.41) is 10.1. The third kappa shape index (κ3) is 4.73. The number of rotatable bonds is 7. The van der Waals surface area contributed by atoms with Gasteiger partial charge in [-0.1, -0.05) is 24.3 Å². The van der Waals surface area contributed by atoms with E-state index in [-0.39, 0.29) is 5.41 Å². The summed E-state index contributed by atoms with van der Waals surface area (Å²) in [5.41, 5.74) is 2.81. The molecular weight excluding hydrogens is 278 g/mol. The van der Waals surface area contributed by atoms with E-state index in [4.69, 9.17) is 0 Å². The van der Waals surface area contributed by atoms with E-state index in [9.17, 15) is 5.11 Å². The van der Waals surface area contributed by atoms with E-state index in [1.807, 2.05) is 11.8 Å². The Balaban J connectivity index is 2.01. The summed E-state index contributed by atoms with van der Waals surface area (Å²) in [7, 11) is 0. The first kappa shape index (κ1) is 16.9. The maximum Gasteiger partial charge on any atom is 0.0502 e. The van der Waals surface area contributed by atoms with Gasteiger partial charge in [0.2, 0.25) is 0 Å². The lowest BCUT2D eigenvalue weighted by atomic mass is 9.75. The van der Waals surface area contributed by atoms with Crippen LogP contribution in [0, 0.1) is 12.3 Å². The van der Waals surface area contributed by atoms with Crippen molar-refractivity contribution >= 4 is 11.8 Å². The number of nitrogens with zero attached hydrogens (tertiary/aromatic N) is 1. The molecule has 1 saturated heterocycles. The van der Waals surface area contributed by atoms with Crippen LogP contribution in [0.15, 0.2) is 24.3 Å². The van der Waals surface area contributed by atoms with Gasteiger partial charge in [0.25, 0.3) is 0 Å². The highest BCUT2D eigenvalue weighted by Crippen LogP contribution is 2.34. The van der Waals surface area contributed by atoms with Crippen LogP contribution in [0.25, 0.3) is 0 Å². The Kier molecular flexibility index (Phi) is 6.59. The highest BCUT2D eigenvalue weighted by molar-refractivity contribution is 7.98. The highest BCUT2D eigenvalue weighted by atomic mass is 32.2. The molecule has 1 aromatic rings. The number of hydrogen-bond donors (Lipinski definition) is 1. The fourth-order valence-electron chi connectivity index (χ4n) is 3.48. The standard InChI is InChI=1S/C18H29NOS/c1-16-7-3-4-8-17(16)13-18(15-20)9-5-10-19(14-18)11-6-12-21-2/h3-4,7-8,20H,5-6,9-15H2,1-2H3/t18-/m1/s1. The number of aliphatic hydroxyl groups excluding tert-OH is 1. The van der Waals surface area contributed by atoms with Crippen molar-refractivity contribution in [1.29, 1.82) is 0 Å². The van der Waals surface area contributed by atoms with Gasteiger partial charge in [0, 0.05) is 12.0 Å². The maximum absolute atomic E-state index is 10.1. The molecule has 0 unspecified atom stereocenters. The van der Waals surface area contributed by atoms with Crippen molar-refractivity contribution in [2.45, 2.75) is 32.6 Å². The summed E-state index contributed by atoms with van der Waals surface area (Å²) in [5.74, 6) is 1.24. The van der Waals surface area contributed by atoms with E-state index in [0.717, 1.165) is 19.4 Å². The number of piperidine rings is 1. The molecule has 1 aromatic carbocycles. The first-order valence-electron chi connectivity index (χ1n) is 8.06. The lowest BCUT2D eigenvalue weighted by Crippen LogP contribution is -2.47. The van der Waals surface area contributed by atoms with Crippen molar-refractivity contribution in [3.63, 3.8) is 0 Å². The summed E-state index contributed by atoms with van der Waals surface area (Å²) in [6.07, 6.45) is 6.80. The molecule has 0 aromatic heterocycles. The van der Waals surface area contributed by atoms with E-state index in [0.29, 0.717) is 6.61 Å². The molecule has 1 aliphatic heterocycles. The molecule has 1 aliphatic rings. The number of aliphatic hydroxyl groups is 1. The van der Waals surface area contributed by atoms with Gasteiger partial charge >= 0.3 is 0 Å². The summed E-state index contributed by atoms with van der Waals surface area (Å²) < 4.78 is 0. The van der Waals surface area contributed by atoms with Gasteiger partial charge in [0.15, 0.2) is 0 Å². The Morgan fingerprint density at radius 1 is 1.33 bits per heavy atom. The number of benzene rings is 1. The Morgan fingerprint density at radius 3 is 2.86 bits per heavy atom. The molecule has 3 heteroatoms. The second-order valence-electron chi connectivity index (χ2n) is 6.49. The number of aryl methyl sites for hydroxylation is 1. The SMILES string of the molecule is CSCCCN1CCC[C@@](CO)(Cc2ccccc2C)C1. The second-order valence-corrected chi connectivity index (χ2v) is 7.47. The lowest BCUT2D eigenvalue weighted by molar-refractivity contribution is 0.0325. The van der Waals surface area contributed by atoms with Crippen LogP contribution >= 0.6 is 11.8 Å². The molecule has 0 radical (unpaired) electrons. The van der Waals surface area contributed by atoms with Crippen molar-refractivity contribution in [3.05, 3.63) is 35.4 Å². The molecule has 118 valence electrons. The number of hydrogen-bond acceptors (Lipinski definition) is 3. The molecule has 0 bridgehead atoms. The normalized spacial score (nSPS) is 23.4. The summed E-state index contributed by atoms with van der Waals surface area (Å²) >= 11 is 1.92. The topological polar surface area (TPSA) is 23.5 Å². The third-order valence-corrected chi connectivity index (χ3v) is 5.42. The van der Waals surface area contributed by atoms with Crippen LogP contribution in [0.2, 0.25) is 0 Å². The van der Waals surface area contributed by atoms with E-state index < -0.39 is 0 Å². The van der Waals surface area contributed by atoms with Crippen molar-refractivity contribution < 1.29 is 5.11 Å². The average Bonchev–Trinajstić information content (AvgIpc) is 2.50. The maximum atomic E-state index is 10.1. The van der Waals surface area contributed by atoms with Crippen LogP contribution in [0.5, 0.6) is 0 Å². The molecule has 1 heterocycles. The van der Waals surface area contributed by atoms with Crippen LogP contribution in [-0.2, 0) is 6.42 Å². The summed E-state index contributed by atoms with van der Waals surface area (Å²) in [6.45, 7) is 5.91. The van der Waals surface area contributed by atoms with Crippen LogP contribution in [0.4, 0.5) is 0 Å². The number of likely N-dealkylation sites (tertiary alicyclic amines) is 1. The molecule has 2 rings (SSSR count). The number of thioether (sulfide) groups is 1. The van der Waals surface area contributed by atoms with Crippen molar-refractivity contribution in [3.8, 4) is 0 Å². The molecule has 2 nitrogen and oxygen atoms in total. The molecule has 0 saturated carbocycles. The fourth-order valence-corrected chi connectivity index (χ4v) is 3.89. The van der Waals surface area contributed by atoms with Crippen molar-refractivity contribution in [2.75, 3.05) is 38.2 Å². The van der Waals surface area contributed by atoms with Crippen molar-refractivity contribution in [1.82, 2.24) is 4.90 Å². The van der Waals surface area contributed by atoms with Gasteiger partial charge in [-0.05, 0) is 68.8 Å². The van der Waals surface area contributed by atoms with E-state index in [1.54, 1.807) is 0 Å². The largest absolute Gasteiger partial charge is 0.396 e. The molecular formula is C18H29NOS. The van der Waals surface area contributed by atoms with E-state index in [2.05, 4.69) is 42.3 Å². The first-order chi connectivity index (χ1) is 10.2. The Morgan fingerprint density at radius 2 is 2.14 bits per heavy atom. The monoisotopic (exact) mass is 307 g/mol. The predicted octanol–water partition coefficient (Wildman–Crippen LogP) is 3.37. The molecule has 0 aliphatic carbocycles. The zero-order valence-electron chi connectivity index (χ0n) is 13.5. The van der Waals surface area contributed by atoms with Crippen molar-refractivity contribution in [2.24, 2.45) is 5.41 Å². The van der Waals surface area contributed by atoms with Gasteiger partial charge in [0.1, 0.15) is 0 Å². The molecule has 0 spiro atoms. The van der Waals surface area contributed by atoms with Crippen LogP contribution in [0.3, 0.4) is 0 Å². The zero-order chi connectivity index (χ0) is 15.1. The Bertz CT molecular complexity index is 437. The van der Waals surface area contributed by atoms with E-state index >= 15 is 0 Å². The molecule has 0 amide bonds. The van der Waals surface area contributed by atoms with Gasteiger partial charge in [-0.3, -0.25) is 0 Å². The summed E-state index contributed by atoms with van der Waals surface area (Å²) in [6, 6.07) is 8.62. The fraction of sp³-hybridized carbons (Fsp3) is 0.667. The second kappa shape index (κ2) is 8.21. The average molecular weight is 308 g/mol. The molecule has 21 heavy (non-hydrogen) atoms. The smallest absolute Gasteiger partial charge is 0.0502 e.